The smallest absolute Gasteiger partial charge is 0.160 e. The molecule has 5 heteroatoms. The van der Waals surface area contributed by atoms with Crippen molar-refractivity contribution in [2.45, 2.75) is 56.8 Å². The summed E-state index contributed by atoms with van der Waals surface area (Å²) in [5, 5.41) is 9.83. The first-order valence-electron chi connectivity index (χ1n) is 9.46. The Hall–Kier alpha value is -1.30. The lowest BCUT2D eigenvalue weighted by Gasteiger charge is -2.37. The van der Waals surface area contributed by atoms with Crippen molar-refractivity contribution >= 4 is 0 Å². The van der Waals surface area contributed by atoms with Gasteiger partial charge in [-0.3, -0.25) is 4.90 Å². The van der Waals surface area contributed by atoms with Gasteiger partial charge in [0.25, 0.3) is 0 Å². The number of aliphatic hydroxyl groups is 1. The second-order valence-corrected chi connectivity index (χ2v) is 7.14. The van der Waals surface area contributed by atoms with E-state index in [4.69, 9.17) is 14.2 Å². The van der Waals surface area contributed by atoms with Crippen LogP contribution < -0.4 is 9.47 Å². The summed E-state index contributed by atoms with van der Waals surface area (Å²) in [6.07, 6.45) is 6.73. The number of methoxy groups -OCH3 is 2. The molecule has 25 heavy (non-hydrogen) atoms. The molecule has 0 spiro atoms. The zero-order chi connectivity index (χ0) is 17.6. The van der Waals surface area contributed by atoms with E-state index in [1.807, 2.05) is 12.1 Å². The van der Waals surface area contributed by atoms with Gasteiger partial charge in [0.1, 0.15) is 0 Å². The van der Waals surface area contributed by atoms with Gasteiger partial charge in [0.15, 0.2) is 11.5 Å². The van der Waals surface area contributed by atoms with Crippen LogP contribution in [-0.4, -0.2) is 62.2 Å². The van der Waals surface area contributed by atoms with Crippen LogP contribution >= 0.6 is 0 Å². The van der Waals surface area contributed by atoms with Crippen molar-refractivity contribution in [2.75, 3.05) is 33.9 Å². The Bertz CT molecular complexity index is 550. The van der Waals surface area contributed by atoms with Gasteiger partial charge in [0.2, 0.25) is 0 Å². The van der Waals surface area contributed by atoms with Crippen molar-refractivity contribution in [2.24, 2.45) is 0 Å². The first-order chi connectivity index (χ1) is 12.2. The fourth-order valence-corrected chi connectivity index (χ4v) is 4.12. The Kier molecular flexibility index (Phi) is 6.57. The van der Waals surface area contributed by atoms with E-state index in [-0.39, 0.29) is 6.10 Å². The number of β-amino-alcohol motifs (C(OH)–C–C–N with tert-alkyl or cyclic N) is 1. The summed E-state index contributed by atoms with van der Waals surface area (Å²) in [5.41, 5.74) is 1.20. The van der Waals surface area contributed by atoms with E-state index in [0.29, 0.717) is 18.8 Å². The van der Waals surface area contributed by atoms with Crippen LogP contribution in [0.3, 0.4) is 0 Å². The van der Waals surface area contributed by atoms with E-state index in [1.165, 1.54) is 24.8 Å². The van der Waals surface area contributed by atoms with Crippen LogP contribution in [0, 0.1) is 0 Å². The summed E-state index contributed by atoms with van der Waals surface area (Å²) in [6, 6.07) is 6.51. The molecule has 1 saturated carbocycles. The van der Waals surface area contributed by atoms with Gasteiger partial charge in [0.05, 0.1) is 33.0 Å². The third kappa shape index (κ3) is 4.66. The lowest BCUT2D eigenvalue weighted by Crippen LogP contribution is -2.46. The molecule has 2 aliphatic rings. The van der Waals surface area contributed by atoms with Gasteiger partial charge < -0.3 is 19.3 Å². The molecule has 0 radical (unpaired) electrons. The standard InChI is InChI=1S/C20H31NO4/c1-23-19-8-7-15(13-20(19)24-2)10-12-25-18-6-4-3-5-17(18)21-11-9-16(22)14-21/h7-8,13,16-18,22H,3-6,9-12,14H2,1-2H3/t16-,17+,18-/m0/s1. The van der Waals surface area contributed by atoms with Crippen LogP contribution in [0.5, 0.6) is 11.5 Å². The predicted molar refractivity (Wildman–Crippen MR) is 97.4 cm³/mol. The maximum Gasteiger partial charge on any atom is 0.160 e. The molecule has 140 valence electrons. The second kappa shape index (κ2) is 8.88. The quantitative estimate of drug-likeness (QED) is 0.820. The van der Waals surface area contributed by atoms with Crippen molar-refractivity contribution in [3.8, 4) is 11.5 Å². The van der Waals surface area contributed by atoms with Gasteiger partial charge in [-0.1, -0.05) is 18.9 Å². The predicted octanol–water partition coefficient (Wildman–Crippen LogP) is 2.64. The largest absolute Gasteiger partial charge is 0.493 e. The van der Waals surface area contributed by atoms with Crippen LogP contribution in [0.15, 0.2) is 18.2 Å². The molecule has 1 aliphatic carbocycles. The Morgan fingerprint density at radius 1 is 1.08 bits per heavy atom. The highest BCUT2D eigenvalue weighted by molar-refractivity contribution is 5.42. The number of nitrogens with zero attached hydrogens (tertiary/aromatic N) is 1. The van der Waals surface area contributed by atoms with E-state index in [0.717, 1.165) is 43.9 Å². The number of rotatable bonds is 7. The maximum absolute atomic E-state index is 9.83. The van der Waals surface area contributed by atoms with Crippen LogP contribution in [0.2, 0.25) is 0 Å². The molecule has 1 N–H and O–H groups in total. The summed E-state index contributed by atoms with van der Waals surface area (Å²) in [5.74, 6) is 1.52. The third-order valence-corrected chi connectivity index (χ3v) is 5.50. The summed E-state index contributed by atoms with van der Waals surface area (Å²) in [6.45, 7) is 2.52. The van der Waals surface area contributed by atoms with E-state index in [1.54, 1.807) is 14.2 Å². The number of benzene rings is 1. The molecule has 3 atom stereocenters. The molecule has 5 nitrogen and oxygen atoms in total. The molecule has 2 fully saturated rings. The van der Waals surface area contributed by atoms with Crippen molar-refractivity contribution < 1.29 is 19.3 Å². The average Bonchev–Trinajstić information content (AvgIpc) is 3.08. The maximum atomic E-state index is 9.83. The molecule has 1 saturated heterocycles. The first-order valence-corrected chi connectivity index (χ1v) is 9.46. The number of likely N-dealkylation sites (tertiary alicyclic amines) is 1. The Morgan fingerprint density at radius 2 is 1.88 bits per heavy atom. The molecule has 0 unspecified atom stereocenters. The van der Waals surface area contributed by atoms with Gasteiger partial charge in [-0.25, -0.2) is 0 Å². The van der Waals surface area contributed by atoms with E-state index >= 15 is 0 Å². The van der Waals surface area contributed by atoms with Crippen molar-refractivity contribution in [1.82, 2.24) is 4.90 Å². The fraction of sp³-hybridized carbons (Fsp3) is 0.700. The fourth-order valence-electron chi connectivity index (χ4n) is 4.12. The zero-order valence-corrected chi connectivity index (χ0v) is 15.4. The van der Waals surface area contributed by atoms with Crippen LogP contribution in [0.25, 0.3) is 0 Å². The lowest BCUT2D eigenvalue weighted by molar-refractivity contribution is -0.0316. The topological polar surface area (TPSA) is 51.2 Å². The van der Waals surface area contributed by atoms with E-state index < -0.39 is 0 Å². The molecule has 3 rings (SSSR count). The van der Waals surface area contributed by atoms with E-state index in [2.05, 4.69) is 11.0 Å². The van der Waals surface area contributed by atoms with Crippen molar-refractivity contribution in [3.05, 3.63) is 23.8 Å². The molecular weight excluding hydrogens is 318 g/mol. The SMILES string of the molecule is COc1ccc(CCO[C@H]2CCCC[C@H]2N2CC[C@H](O)C2)cc1OC. The van der Waals surface area contributed by atoms with Gasteiger partial charge in [-0.05, 0) is 43.4 Å². The van der Waals surface area contributed by atoms with E-state index in [9.17, 15) is 5.11 Å². The molecular formula is C20H31NO4. The number of hydrogen-bond donors (Lipinski definition) is 1. The van der Waals surface area contributed by atoms with Crippen LogP contribution in [0.4, 0.5) is 0 Å². The number of aliphatic hydroxyl groups excluding tert-OH is 1. The summed E-state index contributed by atoms with van der Waals surface area (Å²) < 4.78 is 16.9. The molecule has 1 aliphatic heterocycles. The van der Waals surface area contributed by atoms with Crippen LogP contribution in [0.1, 0.15) is 37.7 Å². The minimum absolute atomic E-state index is 0.158. The second-order valence-electron chi connectivity index (χ2n) is 7.14. The minimum atomic E-state index is -0.158. The molecule has 1 aromatic rings. The first kappa shape index (κ1) is 18.5. The highest BCUT2D eigenvalue weighted by Crippen LogP contribution is 2.30. The monoisotopic (exact) mass is 349 g/mol. The summed E-state index contributed by atoms with van der Waals surface area (Å²) >= 11 is 0. The minimum Gasteiger partial charge on any atom is -0.493 e. The van der Waals surface area contributed by atoms with Gasteiger partial charge >= 0.3 is 0 Å². The van der Waals surface area contributed by atoms with Crippen molar-refractivity contribution in [3.63, 3.8) is 0 Å². The zero-order valence-electron chi connectivity index (χ0n) is 15.4. The van der Waals surface area contributed by atoms with Crippen LogP contribution in [-0.2, 0) is 11.2 Å². The molecule has 0 amide bonds. The van der Waals surface area contributed by atoms with Gasteiger partial charge in [-0.15, -0.1) is 0 Å². The molecule has 0 bridgehead atoms. The summed E-state index contributed by atoms with van der Waals surface area (Å²) in [7, 11) is 3.31. The molecule has 1 heterocycles. The third-order valence-electron chi connectivity index (χ3n) is 5.50. The molecule has 1 aromatic carbocycles. The Morgan fingerprint density at radius 3 is 2.60 bits per heavy atom. The normalized spacial score (nSPS) is 27.4. The average molecular weight is 349 g/mol. The lowest BCUT2D eigenvalue weighted by atomic mass is 9.91. The van der Waals surface area contributed by atoms with Gasteiger partial charge in [0, 0.05) is 19.1 Å². The number of hydrogen-bond acceptors (Lipinski definition) is 5. The summed E-state index contributed by atoms with van der Waals surface area (Å²) in [4.78, 5) is 2.44. The Labute approximate surface area is 150 Å². The molecule has 0 aromatic heterocycles. The number of ether oxygens (including phenoxy) is 3. The van der Waals surface area contributed by atoms with Gasteiger partial charge in [-0.2, -0.15) is 0 Å². The highest BCUT2D eigenvalue weighted by atomic mass is 16.5. The van der Waals surface area contributed by atoms with Crippen molar-refractivity contribution in [1.29, 1.82) is 0 Å². The Balaban J connectivity index is 1.53. The highest BCUT2D eigenvalue weighted by Gasteiger charge is 2.34.